The van der Waals surface area contributed by atoms with Crippen molar-refractivity contribution in [2.24, 2.45) is 0 Å². The molecule has 0 amide bonds. The summed E-state index contributed by atoms with van der Waals surface area (Å²) in [5, 5.41) is 0. The molecule has 0 aliphatic heterocycles. The molecule has 2 aliphatic rings. The molecule has 2 aliphatic carbocycles. The summed E-state index contributed by atoms with van der Waals surface area (Å²) >= 11 is -4.47. The predicted molar refractivity (Wildman–Crippen MR) is 185 cm³/mol. The molecule has 0 nitrogen and oxygen atoms in total. The van der Waals surface area contributed by atoms with Crippen LogP contribution in [0.5, 0.6) is 0 Å². The number of benzene rings is 4. The summed E-state index contributed by atoms with van der Waals surface area (Å²) in [4.78, 5) is 0. The third-order valence-electron chi connectivity index (χ3n) is 10.8. The fourth-order valence-corrected chi connectivity index (χ4v) is 34.8. The molecular weight excluding hydrogens is 671 g/mol. The second-order valence-electron chi connectivity index (χ2n) is 15.6. The Labute approximate surface area is 251 Å². The van der Waals surface area contributed by atoms with Crippen LogP contribution in [0.15, 0.2) is 84.9 Å². The van der Waals surface area contributed by atoms with E-state index < -0.39 is 16.5 Å². The molecule has 0 aromatic heterocycles. The zero-order valence-corrected chi connectivity index (χ0v) is 30.5. The van der Waals surface area contributed by atoms with Gasteiger partial charge in [0.05, 0.1) is 0 Å². The van der Waals surface area contributed by atoms with E-state index in [4.69, 9.17) is 0 Å². The van der Waals surface area contributed by atoms with Crippen LogP contribution in [0, 0.1) is 27.7 Å². The second-order valence-corrected chi connectivity index (χ2v) is 54.6. The first-order valence-electron chi connectivity index (χ1n) is 15.9. The van der Waals surface area contributed by atoms with Crippen LogP contribution < -0.4 is 0 Å². The Morgan fingerprint density at radius 1 is 0.595 bits per heavy atom. The minimum atomic E-state index is -4.47. The average molecular weight is 718 g/mol. The van der Waals surface area contributed by atoms with Crippen molar-refractivity contribution in [3.8, 4) is 22.3 Å². The zero-order valence-electron chi connectivity index (χ0n) is 26.9. The van der Waals surface area contributed by atoms with E-state index in [-0.39, 0.29) is 0 Å². The van der Waals surface area contributed by atoms with Crippen molar-refractivity contribution in [3.05, 3.63) is 129 Å². The third-order valence-corrected chi connectivity index (χ3v) is 40.1. The van der Waals surface area contributed by atoms with Crippen LogP contribution in [0.2, 0.25) is 14.0 Å². The molecule has 0 bridgehead atoms. The van der Waals surface area contributed by atoms with Crippen molar-refractivity contribution < 1.29 is 16.5 Å². The summed E-state index contributed by atoms with van der Waals surface area (Å²) < 4.78 is 12.0. The standard InChI is InChI=1S/2C17H15.C4H8.3CH3.Hf/c2*1-12-9-13(2)11-15(10-12)17-8-4-6-14-5-3-7-16(14)17;1-3-4-2;;;;/h2*3-11H,1-2H3;1H,3-4H2,2H3;3*1H3;. The van der Waals surface area contributed by atoms with E-state index in [9.17, 15) is 0 Å². The number of unbranched alkanes of at least 4 members (excludes halogenated alkanes) is 1. The maximum atomic E-state index is 2.89. The van der Waals surface area contributed by atoms with E-state index in [1.807, 2.05) is 0 Å². The van der Waals surface area contributed by atoms with Gasteiger partial charge in [-0.1, -0.05) is 0 Å². The molecule has 42 heavy (non-hydrogen) atoms. The molecule has 0 spiro atoms. The van der Waals surface area contributed by atoms with Gasteiger partial charge in [-0.3, -0.25) is 0 Å². The Balaban J connectivity index is 1.55. The van der Waals surface area contributed by atoms with E-state index in [0.717, 1.165) is 6.42 Å². The van der Waals surface area contributed by atoms with E-state index in [0.29, 0.717) is 7.35 Å². The van der Waals surface area contributed by atoms with Gasteiger partial charge in [0, 0.05) is 0 Å². The number of rotatable bonds is 6. The summed E-state index contributed by atoms with van der Waals surface area (Å²) in [6.07, 6.45) is 12.5. The molecule has 6 rings (SSSR count). The molecule has 1 heteroatoms. The predicted octanol–water partition coefficient (Wildman–Crippen LogP) is 12.1. The molecule has 0 saturated carbocycles. The van der Waals surface area contributed by atoms with Gasteiger partial charge in [0.25, 0.3) is 0 Å². The first-order chi connectivity index (χ1) is 19.8. The molecule has 0 fully saturated rings. The maximum absolute atomic E-state index is 4.47. The van der Waals surface area contributed by atoms with Gasteiger partial charge < -0.3 is 0 Å². The van der Waals surface area contributed by atoms with Gasteiger partial charge >= 0.3 is 253 Å². The van der Waals surface area contributed by atoms with Crippen LogP contribution in [-0.2, 0) is 16.5 Å². The Kier molecular flexibility index (Phi) is 6.82. The molecule has 2 atom stereocenters. The Bertz CT molecular complexity index is 1720. The van der Waals surface area contributed by atoms with Crippen molar-refractivity contribution in [2.75, 3.05) is 0 Å². The van der Waals surface area contributed by atoms with E-state index in [1.54, 1.807) is 0 Å². The number of aryl methyl sites for hydroxylation is 4. The van der Waals surface area contributed by atoms with Crippen LogP contribution >= 0.6 is 0 Å². The van der Waals surface area contributed by atoms with Crippen LogP contribution in [0.4, 0.5) is 0 Å². The van der Waals surface area contributed by atoms with Crippen molar-refractivity contribution in [1.29, 1.82) is 0 Å². The number of hydrogen-bond donors (Lipinski definition) is 0. The first kappa shape index (κ1) is 29.2. The van der Waals surface area contributed by atoms with Crippen molar-refractivity contribution >= 4 is 15.9 Å². The molecule has 0 N–H and O–H groups in total. The Morgan fingerprint density at radius 2 is 1.00 bits per heavy atom. The van der Waals surface area contributed by atoms with E-state index in [1.165, 1.54) is 73.2 Å². The molecule has 0 saturated heterocycles. The normalized spacial score (nSPS) is 18.9. The van der Waals surface area contributed by atoms with E-state index >= 15 is 0 Å². The zero-order chi connectivity index (χ0) is 29.9. The monoisotopic (exact) mass is 719 g/mol. The van der Waals surface area contributed by atoms with Crippen LogP contribution in [0.3, 0.4) is 0 Å². The first-order valence-corrected chi connectivity index (χ1v) is 32.9. The van der Waals surface area contributed by atoms with Gasteiger partial charge in [-0.2, -0.15) is 0 Å². The van der Waals surface area contributed by atoms with Crippen molar-refractivity contribution in [1.82, 2.24) is 0 Å². The molecule has 4 aromatic rings. The molecular formula is C41H47Hf. The van der Waals surface area contributed by atoms with Crippen molar-refractivity contribution in [3.63, 3.8) is 0 Å². The Morgan fingerprint density at radius 3 is 1.38 bits per heavy atom. The van der Waals surface area contributed by atoms with Gasteiger partial charge in [0.15, 0.2) is 0 Å². The fourth-order valence-electron chi connectivity index (χ4n) is 8.72. The summed E-state index contributed by atoms with van der Waals surface area (Å²) in [7, 11) is 0. The average Bonchev–Trinajstić information content (AvgIpc) is 3.57. The van der Waals surface area contributed by atoms with Gasteiger partial charge in [0.2, 0.25) is 0 Å². The summed E-state index contributed by atoms with van der Waals surface area (Å²) in [6.45, 7) is 11.2. The third kappa shape index (κ3) is 4.64. The minimum absolute atomic E-state index is 0.429. The van der Waals surface area contributed by atoms with Gasteiger partial charge in [-0.15, -0.1) is 0 Å². The summed E-state index contributed by atoms with van der Waals surface area (Å²) in [5.41, 5.74) is 16.6. The van der Waals surface area contributed by atoms with Gasteiger partial charge in [0.1, 0.15) is 0 Å². The van der Waals surface area contributed by atoms with E-state index in [2.05, 4.69) is 150 Å². The topological polar surface area (TPSA) is 0 Å². The molecule has 0 radical (unpaired) electrons. The molecule has 4 aromatic carbocycles. The summed E-state index contributed by atoms with van der Waals surface area (Å²) in [6, 6.07) is 28.1. The number of allylic oxidation sites excluding steroid dienone is 2. The fraction of sp³-hybridized carbons (Fsp3) is 0.293. The quantitative estimate of drug-likeness (QED) is 0.174. The molecule has 215 valence electrons. The van der Waals surface area contributed by atoms with Crippen molar-refractivity contribution in [2.45, 2.75) is 68.9 Å². The number of fused-ring (bicyclic) bond motifs is 2. The Hall–Kier alpha value is -2.90. The van der Waals surface area contributed by atoms with Gasteiger partial charge in [-0.05, 0) is 0 Å². The summed E-state index contributed by atoms with van der Waals surface area (Å²) in [5.74, 6) is 0. The number of hydrogen-bond acceptors (Lipinski definition) is 0. The SMILES string of the molecule is CCC[CH]=[Hf]([CH3])([CH3])([CH3])([CH]1C=Cc2c(-c3cc(C)cc(C)c3)cccc21)[CH]1C=Cc2c(-c3cc(C)cc(C)c3)cccc21. The second kappa shape index (κ2) is 9.81. The molecule has 0 heterocycles. The molecule has 2 unspecified atom stereocenters. The van der Waals surface area contributed by atoms with Crippen LogP contribution in [0.1, 0.15) is 71.6 Å². The van der Waals surface area contributed by atoms with Gasteiger partial charge in [-0.25, -0.2) is 0 Å². The van der Waals surface area contributed by atoms with Crippen LogP contribution in [-0.4, -0.2) is 3.76 Å². The van der Waals surface area contributed by atoms with Crippen LogP contribution in [0.25, 0.3) is 34.4 Å².